The zero-order valence-electron chi connectivity index (χ0n) is 10.6. The number of amides is 1. The second-order valence-corrected chi connectivity index (χ2v) is 3.86. The third kappa shape index (κ3) is 2.55. The number of carbonyl (C=O) groups is 1. The predicted molar refractivity (Wildman–Crippen MR) is 70.7 cm³/mol. The first kappa shape index (κ1) is 13.5. The first-order valence-electron chi connectivity index (χ1n) is 5.77. The molecule has 0 aliphatic heterocycles. The highest BCUT2D eigenvalue weighted by Crippen LogP contribution is 2.22. The lowest BCUT2D eigenvalue weighted by Gasteiger charge is -2.06. The normalized spacial score (nSPS) is 10.2. The summed E-state index contributed by atoms with van der Waals surface area (Å²) in [6.45, 7) is 2.50. The zero-order valence-corrected chi connectivity index (χ0v) is 10.6. The number of nitrogens with one attached hydrogen (secondary N) is 1. The summed E-state index contributed by atoms with van der Waals surface area (Å²) < 4.78 is 1.15. The molecule has 2 rings (SSSR count). The molecule has 0 saturated heterocycles. The molecule has 20 heavy (non-hydrogen) atoms. The summed E-state index contributed by atoms with van der Waals surface area (Å²) in [4.78, 5) is 25.6. The van der Waals surface area contributed by atoms with Crippen LogP contribution in [0.3, 0.4) is 0 Å². The number of primary amides is 1. The van der Waals surface area contributed by atoms with Gasteiger partial charge >= 0.3 is 5.69 Å². The average Bonchev–Trinajstić information content (AvgIpc) is 2.88. The Balaban J connectivity index is 2.53. The fourth-order valence-electron chi connectivity index (χ4n) is 1.60. The van der Waals surface area contributed by atoms with Crippen molar-refractivity contribution >= 4 is 17.4 Å². The molecule has 0 aliphatic carbocycles. The van der Waals surface area contributed by atoms with E-state index < -0.39 is 10.8 Å². The number of pyridine rings is 1. The summed E-state index contributed by atoms with van der Waals surface area (Å²) in [6, 6.07) is 2.83. The van der Waals surface area contributed by atoms with Crippen molar-refractivity contribution in [2.24, 2.45) is 5.73 Å². The van der Waals surface area contributed by atoms with E-state index in [1.165, 1.54) is 24.5 Å². The van der Waals surface area contributed by atoms with Crippen LogP contribution in [0.4, 0.5) is 11.5 Å². The maximum atomic E-state index is 11.0. The number of aromatic nitrogens is 3. The van der Waals surface area contributed by atoms with E-state index in [1.54, 1.807) is 0 Å². The van der Waals surface area contributed by atoms with Crippen molar-refractivity contribution in [3.8, 4) is 5.82 Å². The van der Waals surface area contributed by atoms with E-state index >= 15 is 0 Å². The van der Waals surface area contributed by atoms with Gasteiger partial charge in [-0.25, -0.2) is 9.67 Å². The van der Waals surface area contributed by atoms with E-state index in [9.17, 15) is 14.9 Å². The van der Waals surface area contributed by atoms with Crippen LogP contribution in [0.1, 0.15) is 17.3 Å². The van der Waals surface area contributed by atoms with Crippen LogP contribution >= 0.6 is 0 Å². The maximum Gasteiger partial charge on any atom is 0.313 e. The summed E-state index contributed by atoms with van der Waals surface area (Å²) in [7, 11) is 0. The van der Waals surface area contributed by atoms with Crippen LogP contribution in [0.25, 0.3) is 5.82 Å². The molecule has 0 aliphatic rings. The Morgan fingerprint density at radius 1 is 1.55 bits per heavy atom. The molecule has 0 saturated carbocycles. The lowest BCUT2D eigenvalue weighted by atomic mass is 10.3. The van der Waals surface area contributed by atoms with Crippen LogP contribution in [0.2, 0.25) is 0 Å². The number of carbonyl (C=O) groups excluding carboxylic acids is 1. The van der Waals surface area contributed by atoms with Crippen molar-refractivity contribution in [1.82, 2.24) is 14.8 Å². The molecule has 104 valence electrons. The van der Waals surface area contributed by atoms with Gasteiger partial charge in [-0.3, -0.25) is 14.9 Å². The predicted octanol–water partition coefficient (Wildman–Crippen LogP) is 0.706. The first-order chi connectivity index (χ1) is 9.52. The van der Waals surface area contributed by atoms with Gasteiger partial charge in [0, 0.05) is 18.8 Å². The summed E-state index contributed by atoms with van der Waals surface area (Å²) in [6.07, 6.45) is 2.53. The van der Waals surface area contributed by atoms with E-state index in [4.69, 9.17) is 5.73 Å². The smallest absolute Gasteiger partial charge is 0.313 e. The Morgan fingerprint density at radius 3 is 2.85 bits per heavy atom. The van der Waals surface area contributed by atoms with Crippen molar-refractivity contribution in [2.75, 3.05) is 11.9 Å². The zero-order chi connectivity index (χ0) is 14.7. The molecule has 9 nitrogen and oxygen atoms in total. The molecule has 0 radical (unpaired) electrons. The number of hydrogen-bond donors (Lipinski definition) is 2. The number of rotatable bonds is 5. The molecule has 2 heterocycles. The van der Waals surface area contributed by atoms with Gasteiger partial charge in [-0.05, 0) is 13.0 Å². The van der Waals surface area contributed by atoms with E-state index in [0.29, 0.717) is 12.4 Å². The fourth-order valence-corrected chi connectivity index (χ4v) is 1.60. The second-order valence-electron chi connectivity index (χ2n) is 3.86. The van der Waals surface area contributed by atoms with Gasteiger partial charge in [-0.1, -0.05) is 0 Å². The van der Waals surface area contributed by atoms with Gasteiger partial charge in [0.25, 0.3) is 5.91 Å². The van der Waals surface area contributed by atoms with Crippen LogP contribution in [0.15, 0.2) is 24.5 Å². The Morgan fingerprint density at radius 2 is 2.30 bits per heavy atom. The minimum atomic E-state index is -0.665. The first-order valence-corrected chi connectivity index (χ1v) is 5.77. The summed E-state index contributed by atoms with van der Waals surface area (Å²) >= 11 is 0. The Hall–Kier alpha value is -2.97. The Kier molecular flexibility index (Phi) is 3.60. The minimum Gasteiger partial charge on any atom is -0.370 e. The minimum absolute atomic E-state index is 0.0148. The van der Waals surface area contributed by atoms with Crippen LogP contribution < -0.4 is 11.1 Å². The summed E-state index contributed by atoms with van der Waals surface area (Å²) in [5.74, 6) is -0.174. The molecule has 0 atom stereocenters. The lowest BCUT2D eigenvalue weighted by molar-refractivity contribution is -0.384. The number of nitrogens with zero attached hydrogens (tertiary/aromatic N) is 4. The molecule has 0 aromatic carbocycles. The van der Waals surface area contributed by atoms with Crippen molar-refractivity contribution in [3.05, 3.63) is 40.2 Å². The molecule has 2 aromatic heterocycles. The largest absolute Gasteiger partial charge is 0.370 e. The van der Waals surface area contributed by atoms with E-state index in [1.807, 2.05) is 6.92 Å². The molecule has 0 spiro atoms. The molecule has 1 amide bonds. The molecule has 3 N–H and O–H groups in total. The van der Waals surface area contributed by atoms with Crippen LogP contribution in [0.5, 0.6) is 0 Å². The van der Waals surface area contributed by atoms with Gasteiger partial charge in [0.05, 0.1) is 16.7 Å². The van der Waals surface area contributed by atoms with Gasteiger partial charge in [-0.15, -0.1) is 0 Å². The number of nitro groups is 1. The summed E-state index contributed by atoms with van der Waals surface area (Å²) in [5.41, 5.74) is 5.05. The molecule has 2 aromatic rings. The lowest BCUT2D eigenvalue weighted by Crippen LogP contribution is -2.10. The standard InChI is InChI=1S/C11H12N6O3/c1-2-13-9-4-3-8(17(19)20)11(15-9)16-6-7(5-14-16)10(12)18/h3-6H,2H2,1H3,(H2,12,18)(H,13,15). The molecule has 0 unspecified atom stereocenters. The molecular weight excluding hydrogens is 264 g/mol. The van der Waals surface area contributed by atoms with Crippen molar-refractivity contribution in [1.29, 1.82) is 0 Å². The van der Waals surface area contributed by atoms with Crippen molar-refractivity contribution in [3.63, 3.8) is 0 Å². The van der Waals surface area contributed by atoms with Crippen LogP contribution in [-0.2, 0) is 0 Å². The van der Waals surface area contributed by atoms with Gasteiger partial charge in [0.1, 0.15) is 5.82 Å². The highest BCUT2D eigenvalue weighted by Gasteiger charge is 2.19. The molecule has 9 heteroatoms. The SMILES string of the molecule is CCNc1ccc([N+](=O)[O-])c(-n2cc(C(N)=O)cn2)n1. The van der Waals surface area contributed by atoms with Gasteiger partial charge in [-0.2, -0.15) is 5.10 Å². The third-order valence-electron chi connectivity index (χ3n) is 2.49. The van der Waals surface area contributed by atoms with E-state index in [-0.39, 0.29) is 17.1 Å². The Labute approximate surface area is 113 Å². The summed E-state index contributed by atoms with van der Waals surface area (Å²) in [5, 5.41) is 17.8. The quantitative estimate of drug-likeness (QED) is 0.611. The van der Waals surface area contributed by atoms with Gasteiger partial charge in [0.2, 0.25) is 5.82 Å². The molecule has 0 fully saturated rings. The van der Waals surface area contributed by atoms with Gasteiger partial charge in [0.15, 0.2) is 0 Å². The molecular formula is C11H12N6O3. The topological polar surface area (TPSA) is 129 Å². The highest BCUT2D eigenvalue weighted by molar-refractivity contribution is 5.92. The molecule has 0 bridgehead atoms. The van der Waals surface area contributed by atoms with Gasteiger partial charge < -0.3 is 11.1 Å². The average molecular weight is 276 g/mol. The third-order valence-corrected chi connectivity index (χ3v) is 2.49. The fraction of sp³-hybridized carbons (Fsp3) is 0.182. The number of hydrogen-bond acceptors (Lipinski definition) is 6. The van der Waals surface area contributed by atoms with Crippen molar-refractivity contribution in [2.45, 2.75) is 6.92 Å². The van der Waals surface area contributed by atoms with Crippen LogP contribution in [-0.4, -0.2) is 32.1 Å². The maximum absolute atomic E-state index is 11.0. The Bertz CT molecular complexity index is 666. The van der Waals surface area contributed by atoms with E-state index in [0.717, 1.165) is 4.68 Å². The van der Waals surface area contributed by atoms with E-state index in [2.05, 4.69) is 15.4 Å². The van der Waals surface area contributed by atoms with Crippen LogP contribution in [0, 0.1) is 10.1 Å². The number of nitrogens with two attached hydrogens (primary N) is 1. The highest BCUT2D eigenvalue weighted by atomic mass is 16.6. The van der Waals surface area contributed by atoms with Crippen molar-refractivity contribution < 1.29 is 9.72 Å². The second kappa shape index (κ2) is 5.34. The monoisotopic (exact) mass is 276 g/mol. The number of anilines is 1.